The molecule has 0 saturated carbocycles. The first-order valence-corrected chi connectivity index (χ1v) is 9.19. The topological polar surface area (TPSA) is 46.8 Å². The average Bonchev–Trinajstić information content (AvgIpc) is 3.01. The van der Waals surface area contributed by atoms with Crippen LogP contribution in [0.3, 0.4) is 0 Å². The fraction of sp³-hybridized carbons (Fsp3) is 0.167. The van der Waals surface area contributed by atoms with Gasteiger partial charge in [0.1, 0.15) is 5.75 Å². The van der Waals surface area contributed by atoms with Crippen molar-refractivity contribution in [1.82, 2.24) is 4.57 Å². The molecule has 0 radical (unpaired) electrons. The van der Waals surface area contributed by atoms with E-state index in [-0.39, 0.29) is 6.61 Å². The van der Waals surface area contributed by atoms with Crippen molar-refractivity contribution in [1.29, 1.82) is 0 Å². The Morgan fingerprint density at radius 2 is 1.88 bits per heavy atom. The second-order valence-corrected chi connectivity index (χ2v) is 6.87. The minimum absolute atomic E-state index is 0.0147. The van der Waals surface area contributed by atoms with Gasteiger partial charge in [0.15, 0.2) is 4.80 Å². The Labute approximate surface area is 159 Å². The summed E-state index contributed by atoms with van der Waals surface area (Å²) in [5.74, 6) is 0.782. The molecule has 0 saturated heterocycles. The van der Waals surface area contributed by atoms with Gasteiger partial charge in [-0.3, -0.25) is 0 Å². The molecule has 0 amide bonds. The van der Waals surface area contributed by atoms with Crippen LogP contribution in [0.1, 0.15) is 0 Å². The number of aliphatic hydroxyl groups is 1. The molecule has 0 atom stereocenters. The second kappa shape index (κ2) is 8.06. The number of aromatic nitrogens is 1. The van der Waals surface area contributed by atoms with Crippen molar-refractivity contribution in [3.05, 3.63) is 62.7 Å². The molecule has 1 N–H and O–H groups in total. The van der Waals surface area contributed by atoms with Crippen LogP contribution in [0.2, 0.25) is 10.0 Å². The van der Waals surface area contributed by atoms with Crippen LogP contribution in [0, 0.1) is 0 Å². The zero-order valence-electron chi connectivity index (χ0n) is 13.4. The summed E-state index contributed by atoms with van der Waals surface area (Å²) < 4.78 is 7.13. The number of ether oxygens (including phenoxy) is 1. The van der Waals surface area contributed by atoms with Crippen molar-refractivity contribution < 1.29 is 9.84 Å². The van der Waals surface area contributed by atoms with Gasteiger partial charge in [-0.2, -0.15) is 0 Å². The Bertz CT molecular complexity index is 933. The van der Waals surface area contributed by atoms with Crippen LogP contribution in [0.4, 0.5) is 5.69 Å². The number of rotatable bonds is 5. The largest absolute Gasteiger partial charge is 0.497 e. The zero-order chi connectivity index (χ0) is 17.8. The van der Waals surface area contributed by atoms with Crippen molar-refractivity contribution in [2.24, 2.45) is 4.99 Å². The minimum Gasteiger partial charge on any atom is -0.497 e. The molecule has 0 aliphatic heterocycles. The van der Waals surface area contributed by atoms with Gasteiger partial charge in [0.05, 0.1) is 35.1 Å². The third kappa shape index (κ3) is 4.07. The molecule has 0 aliphatic carbocycles. The third-order valence-corrected chi connectivity index (χ3v) is 5.24. The van der Waals surface area contributed by atoms with Gasteiger partial charge in [-0.15, -0.1) is 11.3 Å². The van der Waals surface area contributed by atoms with E-state index in [0.29, 0.717) is 16.6 Å². The Morgan fingerprint density at radius 3 is 2.52 bits per heavy atom. The molecule has 3 rings (SSSR count). The van der Waals surface area contributed by atoms with Gasteiger partial charge in [0.2, 0.25) is 0 Å². The molecule has 0 spiro atoms. The van der Waals surface area contributed by atoms with Crippen LogP contribution in [0.25, 0.3) is 11.3 Å². The first kappa shape index (κ1) is 18.0. The highest BCUT2D eigenvalue weighted by Gasteiger charge is 2.10. The first-order chi connectivity index (χ1) is 12.1. The summed E-state index contributed by atoms with van der Waals surface area (Å²) in [6, 6.07) is 13.0. The molecule has 0 aliphatic rings. The van der Waals surface area contributed by atoms with Gasteiger partial charge in [-0.05, 0) is 36.4 Å². The summed E-state index contributed by atoms with van der Waals surface area (Å²) >= 11 is 13.6. The molecule has 0 fully saturated rings. The molecule has 2 aromatic carbocycles. The number of thiazole rings is 1. The smallest absolute Gasteiger partial charge is 0.190 e. The fourth-order valence-corrected chi connectivity index (χ4v) is 3.64. The van der Waals surface area contributed by atoms with Crippen LogP contribution in [-0.2, 0) is 6.54 Å². The molecule has 130 valence electrons. The van der Waals surface area contributed by atoms with E-state index >= 15 is 0 Å². The lowest BCUT2D eigenvalue weighted by Crippen LogP contribution is -2.17. The van der Waals surface area contributed by atoms with Gasteiger partial charge in [0.25, 0.3) is 0 Å². The SMILES string of the molecule is COc1ccc(N=c2scc(-c3ccc(Cl)c(Cl)c3)n2CCO)cc1. The molecule has 0 bridgehead atoms. The van der Waals surface area contributed by atoms with Crippen LogP contribution in [-0.4, -0.2) is 23.4 Å². The molecule has 0 unspecified atom stereocenters. The maximum absolute atomic E-state index is 9.45. The summed E-state index contributed by atoms with van der Waals surface area (Å²) in [7, 11) is 1.63. The summed E-state index contributed by atoms with van der Waals surface area (Å²) in [5, 5.41) is 12.4. The maximum Gasteiger partial charge on any atom is 0.190 e. The molecular formula is C18H16Cl2N2O2S. The van der Waals surface area contributed by atoms with Crippen molar-refractivity contribution >= 4 is 40.2 Å². The van der Waals surface area contributed by atoms with Gasteiger partial charge >= 0.3 is 0 Å². The Morgan fingerprint density at radius 1 is 1.12 bits per heavy atom. The fourth-order valence-electron chi connectivity index (χ4n) is 2.39. The first-order valence-electron chi connectivity index (χ1n) is 7.56. The van der Waals surface area contributed by atoms with E-state index in [1.54, 1.807) is 13.2 Å². The highest BCUT2D eigenvalue weighted by atomic mass is 35.5. The number of halogens is 2. The molecular weight excluding hydrogens is 379 g/mol. The van der Waals surface area contributed by atoms with Gasteiger partial charge in [0, 0.05) is 17.5 Å². The summed E-state index contributed by atoms with van der Waals surface area (Å²) in [6.07, 6.45) is 0. The lowest BCUT2D eigenvalue weighted by atomic mass is 10.2. The number of nitrogens with zero attached hydrogens (tertiary/aromatic N) is 2. The number of hydrogen-bond donors (Lipinski definition) is 1. The zero-order valence-corrected chi connectivity index (χ0v) is 15.8. The van der Waals surface area contributed by atoms with Gasteiger partial charge < -0.3 is 14.4 Å². The van der Waals surface area contributed by atoms with Crippen molar-refractivity contribution in [3.63, 3.8) is 0 Å². The predicted molar refractivity (Wildman–Crippen MR) is 103 cm³/mol. The highest BCUT2D eigenvalue weighted by Crippen LogP contribution is 2.29. The minimum atomic E-state index is 0.0147. The van der Waals surface area contributed by atoms with Crippen LogP contribution >= 0.6 is 34.5 Å². The molecule has 3 aromatic rings. The summed E-state index contributed by atoms with van der Waals surface area (Å²) in [5.41, 5.74) is 2.68. The van der Waals surface area contributed by atoms with Crippen LogP contribution in [0.15, 0.2) is 52.8 Å². The van der Waals surface area contributed by atoms with E-state index in [2.05, 4.69) is 4.99 Å². The van der Waals surface area contributed by atoms with Crippen LogP contribution in [0.5, 0.6) is 5.75 Å². The second-order valence-electron chi connectivity index (χ2n) is 5.22. The Balaban J connectivity index is 2.07. The maximum atomic E-state index is 9.45. The molecule has 7 heteroatoms. The van der Waals surface area contributed by atoms with E-state index in [1.165, 1.54) is 11.3 Å². The predicted octanol–water partition coefficient (Wildman–Crippen LogP) is 4.76. The molecule has 25 heavy (non-hydrogen) atoms. The van der Waals surface area contributed by atoms with E-state index in [9.17, 15) is 5.11 Å². The molecule has 4 nitrogen and oxygen atoms in total. The van der Waals surface area contributed by atoms with Crippen LogP contribution < -0.4 is 9.54 Å². The number of methoxy groups -OCH3 is 1. The quantitative estimate of drug-likeness (QED) is 0.677. The molecule has 1 heterocycles. The van der Waals surface area contributed by atoms with Gasteiger partial charge in [-0.25, -0.2) is 4.99 Å². The third-order valence-electron chi connectivity index (χ3n) is 3.63. The Hall–Kier alpha value is -1.79. The number of aliphatic hydroxyl groups excluding tert-OH is 1. The summed E-state index contributed by atoms with van der Waals surface area (Å²) in [4.78, 5) is 5.47. The average molecular weight is 395 g/mol. The van der Waals surface area contributed by atoms with E-state index in [0.717, 1.165) is 27.5 Å². The van der Waals surface area contributed by atoms with Crippen molar-refractivity contribution in [2.75, 3.05) is 13.7 Å². The van der Waals surface area contributed by atoms with E-state index in [4.69, 9.17) is 27.9 Å². The lowest BCUT2D eigenvalue weighted by Gasteiger charge is -2.08. The summed E-state index contributed by atoms with van der Waals surface area (Å²) in [6.45, 7) is 0.453. The number of hydrogen-bond acceptors (Lipinski definition) is 4. The Kier molecular flexibility index (Phi) is 5.81. The highest BCUT2D eigenvalue weighted by molar-refractivity contribution is 7.07. The lowest BCUT2D eigenvalue weighted by molar-refractivity contribution is 0.275. The molecule has 1 aromatic heterocycles. The van der Waals surface area contributed by atoms with Crippen molar-refractivity contribution in [3.8, 4) is 17.0 Å². The number of benzene rings is 2. The van der Waals surface area contributed by atoms with E-state index in [1.807, 2.05) is 46.3 Å². The van der Waals surface area contributed by atoms with Gasteiger partial charge in [-0.1, -0.05) is 29.3 Å². The van der Waals surface area contributed by atoms with Crippen molar-refractivity contribution in [2.45, 2.75) is 6.54 Å². The normalized spacial score (nSPS) is 11.8. The monoisotopic (exact) mass is 394 g/mol. The standard InChI is InChI=1S/C18H16Cl2N2O2S/c1-24-14-5-3-13(4-6-14)21-18-22(8-9-23)17(11-25-18)12-2-7-15(19)16(20)10-12/h2-7,10-11,23H,8-9H2,1H3. The van der Waals surface area contributed by atoms with E-state index < -0.39 is 0 Å².